The summed E-state index contributed by atoms with van der Waals surface area (Å²) >= 11 is 0. The smallest absolute Gasteiger partial charge is 0.186 e. The summed E-state index contributed by atoms with van der Waals surface area (Å²) in [4.78, 5) is 0. The number of hydrogen-bond donors (Lipinski definition) is 8. The minimum Gasteiger partial charge on any atom is -0.394 e. The van der Waals surface area contributed by atoms with Crippen molar-refractivity contribution < 1.29 is 59.8 Å². The zero-order valence-corrected chi connectivity index (χ0v) is 23.0. The minimum atomic E-state index is -1.49. The summed E-state index contributed by atoms with van der Waals surface area (Å²) in [6, 6.07) is 0. The maximum atomic E-state index is 10.5. The molecule has 0 spiro atoms. The monoisotopic (exact) mass is 564 g/mol. The maximum absolute atomic E-state index is 10.5. The summed E-state index contributed by atoms with van der Waals surface area (Å²) in [7, 11) is 0. The van der Waals surface area contributed by atoms with Gasteiger partial charge in [-0.05, 0) is 60.7 Å². The third kappa shape index (κ3) is 6.04. The van der Waals surface area contributed by atoms with E-state index in [0.29, 0.717) is 11.8 Å². The lowest BCUT2D eigenvalue weighted by atomic mass is 9.56. The van der Waals surface area contributed by atoms with Crippen LogP contribution in [0.5, 0.6) is 0 Å². The molecule has 0 bridgehead atoms. The van der Waals surface area contributed by atoms with E-state index in [1.807, 2.05) is 0 Å². The van der Waals surface area contributed by atoms with E-state index in [1.54, 1.807) is 0 Å². The molecule has 12 nitrogen and oxygen atoms in total. The quantitative estimate of drug-likeness (QED) is 0.159. The fraction of sp³-hybridized carbons (Fsp3) is 1.00. The molecule has 2 aliphatic carbocycles. The first-order chi connectivity index (χ1) is 18.4. The van der Waals surface area contributed by atoms with Crippen LogP contribution in [-0.4, -0.2) is 129 Å². The van der Waals surface area contributed by atoms with Gasteiger partial charge in [0, 0.05) is 0 Å². The van der Waals surface area contributed by atoms with Gasteiger partial charge in [0.2, 0.25) is 0 Å². The summed E-state index contributed by atoms with van der Waals surface area (Å²) in [5, 5.41) is 80.2. The Morgan fingerprint density at radius 3 is 1.72 bits per heavy atom. The molecule has 0 amide bonds. The lowest BCUT2D eigenvalue weighted by Gasteiger charge is -2.50. The first-order valence-corrected chi connectivity index (χ1v) is 14.3. The van der Waals surface area contributed by atoms with Crippen LogP contribution in [0.1, 0.15) is 46.5 Å². The Morgan fingerprint density at radius 2 is 1.23 bits per heavy atom. The van der Waals surface area contributed by atoms with Gasteiger partial charge in [0.15, 0.2) is 12.6 Å². The van der Waals surface area contributed by atoms with Gasteiger partial charge in [-0.2, -0.15) is 0 Å². The van der Waals surface area contributed by atoms with Crippen molar-refractivity contribution in [3.63, 3.8) is 0 Å². The fourth-order valence-electron chi connectivity index (χ4n) is 7.59. The number of rotatable bonds is 9. The highest BCUT2D eigenvalue weighted by Gasteiger charge is 2.55. The van der Waals surface area contributed by atoms with Crippen LogP contribution in [0.15, 0.2) is 0 Å². The van der Waals surface area contributed by atoms with Gasteiger partial charge >= 0.3 is 0 Å². The van der Waals surface area contributed by atoms with Gasteiger partial charge in [-0.25, -0.2) is 0 Å². The normalized spacial score (nSPS) is 50.8. The minimum absolute atomic E-state index is 0.108. The van der Waals surface area contributed by atoms with Crippen molar-refractivity contribution in [3.05, 3.63) is 0 Å². The van der Waals surface area contributed by atoms with Crippen molar-refractivity contribution in [1.29, 1.82) is 0 Å². The molecular weight excluding hydrogens is 516 g/mol. The van der Waals surface area contributed by atoms with E-state index in [-0.39, 0.29) is 36.4 Å². The molecule has 0 radical (unpaired) electrons. The van der Waals surface area contributed by atoms with Gasteiger partial charge in [0.25, 0.3) is 0 Å². The van der Waals surface area contributed by atoms with E-state index in [1.165, 1.54) is 0 Å². The first-order valence-electron chi connectivity index (χ1n) is 14.3. The van der Waals surface area contributed by atoms with Crippen LogP contribution in [-0.2, 0) is 18.9 Å². The van der Waals surface area contributed by atoms with E-state index < -0.39 is 74.6 Å². The highest BCUT2D eigenvalue weighted by Crippen LogP contribution is 2.60. The molecule has 0 aromatic heterocycles. The Morgan fingerprint density at radius 1 is 0.718 bits per heavy atom. The van der Waals surface area contributed by atoms with Gasteiger partial charge in [0.1, 0.15) is 48.8 Å². The summed E-state index contributed by atoms with van der Waals surface area (Å²) in [6.45, 7) is 6.14. The van der Waals surface area contributed by atoms with E-state index in [9.17, 15) is 40.9 Å². The summed E-state index contributed by atoms with van der Waals surface area (Å²) in [6.07, 6.45) is -9.40. The number of fused-ring (bicyclic) bond motifs is 1. The number of aliphatic hydroxyl groups is 8. The molecular formula is C27H48O12. The van der Waals surface area contributed by atoms with Crippen molar-refractivity contribution in [3.8, 4) is 0 Å². The van der Waals surface area contributed by atoms with Crippen LogP contribution in [0, 0.1) is 35.0 Å². The zero-order chi connectivity index (χ0) is 28.6. The molecule has 0 unspecified atom stereocenters. The average Bonchev–Trinajstić information content (AvgIpc) is 3.25. The predicted octanol–water partition coefficient (Wildman–Crippen LogP) is -1.67. The Bertz CT molecular complexity index is 782. The Hall–Kier alpha value is -0.480. The van der Waals surface area contributed by atoms with Crippen molar-refractivity contribution in [2.24, 2.45) is 35.0 Å². The van der Waals surface area contributed by atoms with E-state index in [4.69, 9.17) is 18.9 Å². The maximum Gasteiger partial charge on any atom is 0.186 e. The first kappa shape index (κ1) is 31.5. The SMILES string of the molecule is CC(C)[C@H]1CC[C@@]2(C)[C@@H](CO[C@@H]3O[C@H](CO)[C@@H](O)[C@H](O)[C@H]3O)CC[C@@H]2[C@@H]1CO[C@@H]1O[C@H](CO)[C@@H](O)[C@H](O)[C@H]1O. The predicted molar refractivity (Wildman–Crippen MR) is 135 cm³/mol. The Labute approximate surface area is 229 Å². The molecule has 2 saturated heterocycles. The molecule has 4 aliphatic rings. The van der Waals surface area contributed by atoms with E-state index >= 15 is 0 Å². The molecule has 2 heterocycles. The molecule has 12 heteroatoms. The number of hydrogen-bond acceptors (Lipinski definition) is 12. The molecule has 4 rings (SSSR count). The summed E-state index contributed by atoms with van der Waals surface area (Å²) in [5.41, 5.74) is -0.108. The molecule has 228 valence electrons. The molecule has 2 aliphatic heterocycles. The van der Waals surface area contributed by atoms with Crippen molar-refractivity contribution >= 4 is 0 Å². The molecule has 0 aromatic carbocycles. The van der Waals surface area contributed by atoms with Crippen molar-refractivity contribution in [2.75, 3.05) is 26.4 Å². The van der Waals surface area contributed by atoms with Crippen LogP contribution in [0.2, 0.25) is 0 Å². The standard InChI is InChI=1S/C27H48O12/c1-12(2)14-6-7-27(3)13(10-36-25-23(34)21(32)19(30)17(8-28)38-25)4-5-16(27)15(14)11-37-26-24(35)22(33)20(31)18(9-29)39-26/h12-26,28-35H,4-11H2,1-3H3/t13-,14-,15-,16-,17-,18-,19-,20-,21+,22+,23-,24-,25-,26-,27+/m1/s1. The van der Waals surface area contributed by atoms with E-state index in [2.05, 4.69) is 20.8 Å². The number of ether oxygens (including phenoxy) is 4. The highest BCUT2D eigenvalue weighted by atomic mass is 16.7. The fourth-order valence-corrected chi connectivity index (χ4v) is 7.59. The number of aliphatic hydroxyl groups excluding tert-OH is 8. The van der Waals surface area contributed by atoms with E-state index in [0.717, 1.165) is 25.7 Å². The van der Waals surface area contributed by atoms with Crippen LogP contribution in [0.4, 0.5) is 0 Å². The zero-order valence-electron chi connectivity index (χ0n) is 23.0. The Kier molecular flexibility index (Phi) is 10.3. The second kappa shape index (κ2) is 12.8. The molecule has 2 saturated carbocycles. The average molecular weight is 565 g/mol. The van der Waals surface area contributed by atoms with Gasteiger partial charge < -0.3 is 59.8 Å². The van der Waals surface area contributed by atoms with Crippen LogP contribution in [0.3, 0.4) is 0 Å². The summed E-state index contributed by atoms with van der Waals surface area (Å²) in [5.74, 6) is 1.29. The van der Waals surface area contributed by atoms with Crippen LogP contribution < -0.4 is 0 Å². The van der Waals surface area contributed by atoms with Gasteiger partial charge in [-0.15, -0.1) is 0 Å². The second-order valence-electron chi connectivity index (χ2n) is 12.6. The molecule has 15 atom stereocenters. The highest BCUT2D eigenvalue weighted by molar-refractivity contribution is 5.03. The Balaban J connectivity index is 1.42. The summed E-state index contributed by atoms with van der Waals surface area (Å²) < 4.78 is 23.1. The molecule has 0 aromatic rings. The largest absolute Gasteiger partial charge is 0.394 e. The molecule has 4 fully saturated rings. The van der Waals surface area contributed by atoms with Gasteiger partial charge in [-0.3, -0.25) is 0 Å². The van der Waals surface area contributed by atoms with Crippen molar-refractivity contribution in [1.82, 2.24) is 0 Å². The topological polar surface area (TPSA) is 199 Å². The third-order valence-corrected chi connectivity index (χ3v) is 10.2. The molecule has 8 N–H and O–H groups in total. The lowest BCUT2D eigenvalue weighted by molar-refractivity contribution is -0.307. The molecule has 39 heavy (non-hydrogen) atoms. The second-order valence-corrected chi connectivity index (χ2v) is 12.6. The van der Waals surface area contributed by atoms with Crippen molar-refractivity contribution in [2.45, 2.75) is 108 Å². The van der Waals surface area contributed by atoms with Gasteiger partial charge in [0.05, 0.1) is 26.4 Å². The van der Waals surface area contributed by atoms with Crippen LogP contribution in [0.25, 0.3) is 0 Å². The van der Waals surface area contributed by atoms with Crippen LogP contribution >= 0.6 is 0 Å². The van der Waals surface area contributed by atoms with Gasteiger partial charge in [-0.1, -0.05) is 20.8 Å². The lowest BCUT2D eigenvalue weighted by Crippen LogP contribution is -2.59. The third-order valence-electron chi connectivity index (χ3n) is 10.2.